The van der Waals surface area contributed by atoms with E-state index in [0.29, 0.717) is 5.88 Å². The van der Waals surface area contributed by atoms with Crippen LogP contribution >= 0.6 is 0 Å². The van der Waals surface area contributed by atoms with Crippen LogP contribution in [0.5, 0.6) is 11.6 Å². The molecule has 1 aromatic carbocycles. The molecule has 4 heteroatoms. The molecular formula is C15H17FN2O. The van der Waals surface area contributed by atoms with Gasteiger partial charge in [0.25, 0.3) is 0 Å². The van der Waals surface area contributed by atoms with Crippen LogP contribution in [0.15, 0.2) is 36.5 Å². The van der Waals surface area contributed by atoms with Crippen LogP contribution in [0.25, 0.3) is 0 Å². The normalized spacial score (nSPS) is 10.5. The Morgan fingerprint density at radius 3 is 2.79 bits per heavy atom. The van der Waals surface area contributed by atoms with E-state index in [1.54, 1.807) is 24.4 Å². The van der Waals surface area contributed by atoms with Gasteiger partial charge in [-0.3, -0.25) is 0 Å². The number of hydrogen-bond acceptors (Lipinski definition) is 3. The maximum Gasteiger partial charge on any atom is 0.222 e. The van der Waals surface area contributed by atoms with Gasteiger partial charge in [-0.15, -0.1) is 0 Å². The number of nitrogens with zero attached hydrogens (tertiary/aromatic N) is 1. The van der Waals surface area contributed by atoms with E-state index in [1.807, 2.05) is 13.0 Å². The third-order valence-electron chi connectivity index (χ3n) is 2.71. The highest BCUT2D eigenvalue weighted by Gasteiger charge is 2.07. The van der Waals surface area contributed by atoms with E-state index in [4.69, 9.17) is 4.74 Å². The number of rotatable bonds is 5. The van der Waals surface area contributed by atoms with Gasteiger partial charge in [-0.05, 0) is 37.2 Å². The van der Waals surface area contributed by atoms with Crippen LogP contribution < -0.4 is 10.1 Å². The standard InChI is InChI=1S/C15H17FN2O/c1-3-17-9-12-8-11(2)15(18-10-12)19-14-7-5-4-6-13(14)16/h4-8,10,17H,3,9H2,1-2H3. The molecule has 100 valence electrons. The summed E-state index contributed by atoms with van der Waals surface area (Å²) in [5.74, 6) is 0.239. The molecule has 1 N–H and O–H groups in total. The second kappa shape index (κ2) is 6.29. The Labute approximate surface area is 112 Å². The lowest BCUT2D eigenvalue weighted by Gasteiger charge is -2.10. The van der Waals surface area contributed by atoms with Gasteiger partial charge in [0.05, 0.1) is 0 Å². The molecule has 0 bridgehead atoms. The molecular weight excluding hydrogens is 243 g/mol. The summed E-state index contributed by atoms with van der Waals surface area (Å²) in [5, 5.41) is 3.23. The third kappa shape index (κ3) is 3.51. The SMILES string of the molecule is CCNCc1cnc(Oc2ccccc2F)c(C)c1. The van der Waals surface area contributed by atoms with Crippen LogP contribution in [-0.2, 0) is 6.54 Å². The summed E-state index contributed by atoms with van der Waals surface area (Å²) in [6, 6.07) is 8.30. The van der Waals surface area contributed by atoms with E-state index in [0.717, 1.165) is 24.2 Å². The zero-order chi connectivity index (χ0) is 13.7. The van der Waals surface area contributed by atoms with Gasteiger partial charge >= 0.3 is 0 Å². The van der Waals surface area contributed by atoms with Crippen molar-refractivity contribution in [3.63, 3.8) is 0 Å². The molecule has 2 aromatic rings. The highest BCUT2D eigenvalue weighted by molar-refractivity contribution is 5.34. The molecule has 0 aliphatic rings. The van der Waals surface area contributed by atoms with Crippen molar-refractivity contribution in [2.45, 2.75) is 20.4 Å². The predicted molar refractivity (Wildman–Crippen MR) is 72.8 cm³/mol. The predicted octanol–water partition coefficient (Wildman–Crippen LogP) is 3.43. The number of para-hydroxylation sites is 1. The van der Waals surface area contributed by atoms with E-state index in [1.165, 1.54) is 6.07 Å². The molecule has 3 nitrogen and oxygen atoms in total. The summed E-state index contributed by atoms with van der Waals surface area (Å²) < 4.78 is 19.0. The second-order valence-electron chi connectivity index (χ2n) is 4.28. The van der Waals surface area contributed by atoms with Crippen LogP contribution in [0, 0.1) is 12.7 Å². The Morgan fingerprint density at radius 1 is 1.32 bits per heavy atom. The summed E-state index contributed by atoms with van der Waals surface area (Å²) in [7, 11) is 0. The number of halogens is 1. The van der Waals surface area contributed by atoms with Crippen LogP contribution in [0.2, 0.25) is 0 Å². The molecule has 0 aliphatic heterocycles. The fourth-order valence-electron chi connectivity index (χ4n) is 1.72. The molecule has 0 saturated carbocycles. The largest absolute Gasteiger partial charge is 0.436 e. The number of ether oxygens (including phenoxy) is 1. The molecule has 0 atom stereocenters. The van der Waals surface area contributed by atoms with Crippen molar-refractivity contribution in [2.24, 2.45) is 0 Å². The Morgan fingerprint density at radius 2 is 2.11 bits per heavy atom. The topological polar surface area (TPSA) is 34.2 Å². The molecule has 0 spiro atoms. The number of nitrogens with one attached hydrogen (secondary N) is 1. The molecule has 0 unspecified atom stereocenters. The van der Waals surface area contributed by atoms with Crippen molar-refractivity contribution in [1.82, 2.24) is 10.3 Å². The average Bonchev–Trinajstić information content (AvgIpc) is 2.41. The van der Waals surface area contributed by atoms with E-state index < -0.39 is 0 Å². The Balaban J connectivity index is 2.15. The van der Waals surface area contributed by atoms with Crippen molar-refractivity contribution >= 4 is 0 Å². The zero-order valence-electron chi connectivity index (χ0n) is 11.1. The van der Waals surface area contributed by atoms with Crippen molar-refractivity contribution in [2.75, 3.05) is 6.54 Å². The van der Waals surface area contributed by atoms with Crippen molar-refractivity contribution in [1.29, 1.82) is 0 Å². The third-order valence-corrected chi connectivity index (χ3v) is 2.71. The second-order valence-corrected chi connectivity index (χ2v) is 4.28. The molecule has 0 aliphatic carbocycles. The highest BCUT2D eigenvalue weighted by Crippen LogP contribution is 2.25. The van der Waals surface area contributed by atoms with Gasteiger partial charge in [0.2, 0.25) is 5.88 Å². The Bertz CT molecular complexity index is 558. The van der Waals surface area contributed by atoms with Gasteiger partial charge in [0.1, 0.15) is 0 Å². The van der Waals surface area contributed by atoms with Crippen molar-refractivity contribution in [3.8, 4) is 11.6 Å². The van der Waals surface area contributed by atoms with Crippen LogP contribution in [0.1, 0.15) is 18.1 Å². The van der Waals surface area contributed by atoms with Crippen molar-refractivity contribution < 1.29 is 9.13 Å². The minimum Gasteiger partial charge on any atom is -0.436 e. The van der Waals surface area contributed by atoms with Gasteiger partial charge in [0, 0.05) is 18.3 Å². The van der Waals surface area contributed by atoms with Crippen LogP contribution in [-0.4, -0.2) is 11.5 Å². The lowest BCUT2D eigenvalue weighted by Crippen LogP contribution is -2.12. The molecule has 0 amide bonds. The lowest BCUT2D eigenvalue weighted by molar-refractivity contribution is 0.424. The van der Waals surface area contributed by atoms with Gasteiger partial charge < -0.3 is 10.1 Å². The molecule has 1 heterocycles. The first-order chi connectivity index (χ1) is 9.20. The maximum absolute atomic E-state index is 13.5. The summed E-state index contributed by atoms with van der Waals surface area (Å²) in [4.78, 5) is 4.24. The summed E-state index contributed by atoms with van der Waals surface area (Å²) >= 11 is 0. The minimum atomic E-state index is -0.388. The molecule has 19 heavy (non-hydrogen) atoms. The molecule has 0 fully saturated rings. The lowest BCUT2D eigenvalue weighted by atomic mass is 10.2. The highest BCUT2D eigenvalue weighted by atomic mass is 19.1. The molecule has 1 aromatic heterocycles. The molecule has 0 radical (unpaired) electrons. The summed E-state index contributed by atoms with van der Waals surface area (Å²) in [6.45, 7) is 5.63. The first kappa shape index (κ1) is 13.5. The fourth-order valence-corrected chi connectivity index (χ4v) is 1.72. The summed E-state index contributed by atoms with van der Waals surface area (Å²) in [6.07, 6.45) is 1.74. The minimum absolute atomic E-state index is 0.192. The van der Waals surface area contributed by atoms with Crippen LogP contribution in [0.4, 0.5) is 4.39 Å². The number of hydrogen-bond donors (Lipinski definition) is 1. The van der Waals surface area contributed by atoms with E-state index in [-0.39, 0.29) is 11.6 Å². The first-order valence-corrected chi connectivity index (χ1v) is 6.29. The van der Waals surface area contributed by atoms with E-state index in [2.05, 4.69) is 17.2 Å². The van der Waals surface area contributed by atoms with E-state index in [9.17, 15) is 4.39 Å². The molecule has 2 rings (SSSR count). The maximum atomic E-state index is 13.5. The summed E-state index contributed by atoms with van der Waals surface area (Å²) in [5.41, 5.74) is 1.97. The van der Waals surface area contributed by atoms with Gasteiger partial charge in [-0.2, -0.15) is 0 Å². The Hall–Kier alpha value is -1.94. The van der Waals surface area contributed by atoms with Gasteiger partial charge in [-0.1, -0.05) is 19.1 Å². The van der Waals surface area contributed by atoms with Crippen molar-refractivity contribution in [3.05, 3.63) is 53.5 Å². The smallest absolute Gasteiger partial charge is 0.222 e. The monoisotopic (exact) mass is 260 g/mol. The Kier molecular flexibility index (Phi) is 4.47. The number of aromatic nitrogens is 1. The first-order valence-electron chi connectivity index (χ1n) is 6.29. The van der Waals surface area contributed by atoms with E-state index >= 15 is 0 Å². The van der Waals surface area contributed by atoms with Gasteiger partial charge in [-0.25, -0.2) is 9.37 Å². The van der Waals surface area contributed by atoms with Gasteiger partial charge in [0.15, 0.2) is 11.6 Å². The molecule has 0 saturated heterocycles. The average molecular weight is 260 g/mol. The number of benzene rings is 1. The number of pyridine rings is 1. The number of aryl methyl sites for hydroxylation is 1. The van der Waals surface area contributed by atoms with Crippen LogP contribution in [0.3, 0.4) is 0 Å². The fraction of sp³-hybridized carbons (Fsp3) is 0.267. The quantitative estimate of drug-likeness (QED) is 0.894. The zero-order valence-corrected chi connectivity index (χ0v) is 11.1.